The minimum Gasteiger partial charge on any atom is -0.547 e. The predicted molar refractivity (Wildman–Crippen MR) is 23.6 cm³/mol. The SMILES string of the molecule is NCC[C@@H](F)C(=O)[O-]. The van der Waals surface area contributed by atoms with E-state index in [0.717, 1.165) is 0 Å². The Morgan fingerprint density at radius 3 is 2.50 bits per heavy atom. The zero-order chi connectivity index (χ0) is 6.57. The van der Waals surface area contributed by atoms with Crippen LogP contribution in [0, 0.1) is 0 Å². The van der Waals surface area contributed by atoms with Crippen molar-refractivity contribution >= 4 is 5.97 Å². The third-order valence-electron chi connectivity index (χ3n) is 0.676. The molecule has 0 aliphatic rings. The van der Waals surface area contributed by atoms with Gasteiger partial charge in [-0.2, -0.15) is 0 Å². The van der Waals surface area contributed by atoms with Crippen LogP contribution in [0.5, 0.6) is 0 Å². The number of nitrogens with two attached hydrogens (primary N) is 1. The molecule has 0 amide bonds. The number of hydrogen-bond acceptors (Lipinski definition) is 3. The molecule has 2 N–H and O–H groups in total. The fraction of sp³-hybridized carbons (Fsp3) is 0.750. The van der Waals surface area contributed by atoms with Crippen LogP contribution in [0.25, 0.3) is 0 Å². The zero-order valence-electron chi connectivity index (χ0n) is 4.26. The topological polar surface area (TPSA) is 66.2 Å². The van der Waals surface area contributed by atoms with E-state index in [1.54, 1.807) is 0 Å². The molecule has 0 fully saturated rings. The number of carbonyl (C=O) groups is 1. The van der Waals surface area contributed by atoms with Gasteiger partial charge in [-0.1, -0.05) is 0 Å². The largest absolute Gasteiger partial charge is 0.547 e. The highest BCUT2D eigenvalue weighted by Crippen LogP contribution is 1.91. The van der Waals surface area contributed by atoms with Gasteiger partial charge in [0.2, 0.25) is 0 Å². The minimum atomic E-state index is -1.90. The van der Waals surface area contributed by atoms with Gasteiger partial charge in [0.25, 0.3) is 0 Å². The maximum atomic E-state index is 11.8. The van der Waals surface area contributed by atoms with E-state index < -0.39 is 12.1 Å². The maximum absolute atomic E-state index is 11.8. The van der Waals surface area contributed by atoms with Crippen molar-refractivity contribution in [3.05, 3.63) is 0 Å². The third kappa shape index (κ3) is 2.52. The molecule has 0 saturated carbocycles. The lowest BCUT2D eigenvalue weighted by molar-refractivity contribution is -0.311. The molecule has 0 rings (SSSR count). The summed E-state index contributed by atoms with van der Waals surface area (Å²) in [5.74, 6) is -1.68. The third-order valence-corrected chi connectivity index (χ3v) is 0.676. The van der Waals surface area contributed by atoms with Gasteiger partial charge >= 0.3 is 0 Å². The van der Waals surface area contributed by atoms with Gasteiger partial charge < -0.3 is 15.6 Å². The normalized spacial score (nSPS) is 13.2. The van der Waals surface area contributed by atoms with Crippen LogP contribution in [0.2, 0.25) is 0 Å². The summed E-state index contributed by atoms with van der Waals surface area (Å²) in [5.41, 5.74) is 4.84. The molecule has 0 spiro atoms. The Balaban J connectivity index is 3.32. The van der Waals surface area contributed by atoms with Crippen molar-refractivity contribution in [2.75, 3.05) is 6.54 Å². The monoisotopic (exact) mass is 120 g/mol. The van der Waals surface area contributed by atoms with Gasteiger partial charge in [0.05, 0.1) is 5.97 Å². The van der Waals surface area contributed by atoms with Crippen LogP contribution >= 0.6 is 0 Å². The van der Waals surface area contributed by atoms with E-state index in [9.17, 15) is 14.3 Å². The molecule has 0 aromatic carbocycles. The van der Waals surface area contributed by atoms with E-state index in [0.29, 0.717) is 0 Å². The van der Waals surface area contributed by atoms with Gasteiger partial charge in [-0.15, -0.1) is 0 Å². The summed E-state index contributed by atoms with van der Waals surface area (Å²) in [4.78, 5) is 9.55. The van der Waals surface area contributed by atoms with Gasteiger partial charge in [0.15, 0.2) is 0 Å². The second-order valence-corrected chi connectivity index (χ2v) is 1.36. The molecule has 3 nitrogen and oxygen atoms in total. The summed E-state index contributed by atoms with van der Waals surface area (Å²) in [7, 11) is 0. The van der Waals surface area contributed by atoms with E-state index in [1.165, 1.54) is 0 Å². The Morgan fingerprint density at radius 2 is 2.38 bits per heavy atom. The molecule has 8 heavy (non-hydrogen) atoms. The average Bonchev–Trinajstić information content (AvgIpc) is 1.67. The summed E-state index contributed by atoms with van der Waals surface area (Å²) in [5, 5.41) is 9.55. The van der Waals surface area contributed by atoms with E-state index in [1.807, 2.05) is 0 Å². The highest BCUT2D eigenvalue weighted by Gasteiger charge is 2.03. The molecule has 0 unspecified atom stereocenters. The van der Waals surface area contributed by atoms with Crippen LogP contribution in [-0.4, -0.2) is 18.7 Å². The molecule has 0 bridgehead atoms. The number of carbonyl (C=O) groups excluding carboxylic acids is 1. The zero-order valence-corrected chi connectivity index (χ0v) is 4.26. The fourth-order valence-electron chi connectivity index (χ4n) is 0.264. The van der Waals surface area contributed by atoms with Crippen molar-refractivity contribution in [1.29, 1.82) is 0 Å². The molecule has 0 aromatic rings. The molecule has 4 heteroatoms. The number of aliphatic carboxylic acids is 1. The first kappa shape index (κ1) is 7.36. The highest BCUT2D eigenvalue weighted by molar-refractivity contribution is 5.69. The lowest BCUT2D eigenvalue weighted by Crippen LogP contribution is -2.33. The minimum absolute atomic E-state index is 0.0369. The first-order chi connectivity index (χ1) is 3.68. The molecule has 0 heterocycles. The number of carboxylic acid groups (broad SMARTS) is 1. The second-order valence-electron chi connectivity index (χ2n) is 1.36. The van der Waals surface area contributed by atoms with Gasteiger partial charge in [0, 0.05) is 0 Å². The van der Waals surface area contributed by atoms with E-state index >= 15 is 0 Å². The van der Waals surface area contributed by atoms with E-state index in [-0.39, 0.29) is 13.0 Å². The van der Waals surface area contributed by atoms with Gasteiger partial charge in [-0.25, -0.2) is 4.39 Å². The van der Waals surface area contributed by atoms with Crippen LogP contribution < -0.4 is 10.8 Å². The van der Waals surface area contributed by atoms with Crippen molar-refractivity contribution < 1.29 is 14.3 Å². The Bertz CT molecular complexity index is 86.1. The predicted octanol–water partition coefficient (Wildman–Crippen LogP) is -1.58. The second kappa shape index (κ2) is 3.37. The summed E-state index contributed by atoms with van der Waals surface area (Å²) >= 11 is 0. The molecule has 0 aliphatic heterocycles. The first-order valence-corrected chi connectivity index (χ1v) is 2.23. The molecular weight excluding hydrogens is 113 g/mol. The van der Waals surface area contributed by atoms with Crippen molar-refractivity contribution in [2.24, 2.45) is 5.73 Å². The van der Waals surface area contributed by atoms with Gasteiger partial charge in [-0.05, 0) is 13.0 Å². The van der Waals surface area contributed by atoms with Crippen molar-refractivity contribution in [1.82, 2.24) is 0 Å². The summed E-state index contributed by atoms with van der Waals surface area (Å²) in [6.07, 6.45) is -2.07. The van der Waals surface area contributed by atoms with E-state index in [2.05, 4.69) is 0 Å². The number of halogens is 1. The number of rotatable bonds is 3. The smallest absolute Gasteiger partial charge is 0.141 e. The molecule has 0 aromatic heterocycles. The highest BCUT2D eigenvalue weighted by atomic mass is 19.1. The number of hydrogen-bond donors (Lipinski definition) is 1. The van der Waals surface area contributed by atoms with Crippen LogP contribution in [0.3, 0.4) is 0 Å². The number of carboxylic acids is 1. The molecule has 1 atom stereocenters. The molecule has 48 valence electrons. The van der Waals surface area contributed by atoms with Crippen molar-refractivity contribution in [3.63, 3.8) is 0 Å². The Morgan fingerprint density at radius 1 is 1.88 bits per heavy atom. The maximum Gasteiger partial charge on any atom is 0.141 e. The first-order valence-electron chi connectivity index (χ1n) is 2.23. The summed E-state index contributed by atoms with van der Waals surface area (Å²) in [6.45, 7) is 0.0369. The van der Waals surface area contributed by atoms with Crippen LogP contribution in [-0.2, 0) is 4.79 Å². The van der Waals surface area contributed by atoms with Gasteiger partial charge in [-0.3, -0.25) is 0 Å². The quantitative estimate of drug-likeness (QED) is 0.489. The molecule has 0 aliphatic carbocycles. The summed E-state index contributed by atoms with van der Waals surface area (Å²) in [6, 6.07) is 0. The summed E-state index contributed by atoms with van der Waals surface area (Å²) < 4.78 is 11.8. The Kier molecular flexibility index (Phi) is 3.10. The van der Waals surface area contributed by atoms with Crippen molar-refractivity contribution in [3.8, 4) is 0 Å². The molecule has 0 saturated heterocycles. The lowest BCUT2D eigenvalue weighted by atomic mass is 10.3. The van der Waals surface area contributed by atoms with Crippen LogP contribution in [0.4, 0.5) is 4.39 Å². The average molecular weight is 120 g/mol. The van der Waals surface area contributed by atoms with Crippen molar-refractivity contribution in [2.45, 2.75) is 12.6 Å². The molecular formula is C4H7FNO2-. The van der Waals surface area contributed by atoms with E-state index in [4.69, 9.17) is 5.73 Å². The Hall–Kier alpha value is -0.640. The molecule has 0 radical (unpaired) electrons. The van der Waals surface area contributed by atoms with Gasteiger partial charge in [0.1, 0.15) is 6.17 Å². The van der Waals surface area contributed by atoms with Crippen LogP contribution in [0.1, 0.15) is 6.42 Å². The Labute approximate surface area is 46.3 Å². The number of alkyl halides is 1. The fourth-order valence-corrected chi connectivity index (χ4v) is 0.264. The van der Waals surface area contributed by atoms with Crippen LogP contribution in [0.15, 0.2) is 0 Å². The lowest BCUT2D eigenvalue weighted by Gasteiger charge is -2.04. The standard InChI is InChI=1S/C4H8FNO2/c5-3(1-2-6)4(7)8/h3H,1-2,6H2,(H,7,8)/p-1/t3-/m1/s1.